The molecule has 3 N–H and O–H groups in total. The number of rotatable bonds is 4. The van der Waals surface area contributed by atoms with Crippen molar-refractivity contribution in [1.29, 1.82) is 0 Å². The zero-order chi connectivity index (χ0) is 17.6. The highest BCUT2D eigenvalue weighted by Gasteiger charge is 2.15. The van der Waals surface area contributed by atoms with E-state index in [1.54, 1.807) is 6.20 Å². The average molecular weight is 338 g/mol. The maximum atomic E-state index is 12.1. The number of nitrogens with one attached hydrogen (secondary N) is 3. The molecule has 1 saturated carbocycles. The number of aryl methyl sites for hydroxylation is 2. The van der Waals surface area contributed by atoms with E-state index in [0.717, 1.165) is 24.3 Å². The number of hydrogen-bond acceptors (Lipinski definition) is 3. The number of anilines is 3. The molecule has 2 amide bonds. The summed E-state index contributed by atoms with van der Waals surface area (Å²) in [6, 6.07) is 10.2. The van der Waals surface area contributed by atoms with Gasteiger partial charge in [-0.25, -0.2) is 9.78 Å². The van der Waals surface area contributed by atoms with Crippen molar-refractivity contribution in [3.05, 3.63) is 47.7 Å². The normalized spacial score (nSPS) is 14.8. The molecule has 0 spiro atoms. The zero-order valence-electron chi connectivity index (χ0n) is 14.9. The van der Waals surface area contributed by atoms with E-state index in [-0.39, 0.29) is 6.03 Å². The molecule has 1 aromatic heterocycles. The predicted molar refractivity (Wildman–Crippen MR) is 102 cm³/mol. The fraction of sp³-hybridized carbons (Fsp3) is 0.400. The molecule has 0 aliphatic heterocycles. The first-order valence-electron chi connectivity index (χ1n) is 8.98. The molecule has 25 heavy (non-hydrogen) atoms. The Bertz CT molecular complexity index is 721. The van der Waals surface area contributed by atoms with Crippen molar-refractivity contribution in [3.63, 3.8) is 0 Å². The summed E-state index contributed by atoms with van der Waals surface area (Å²) in [5.74, 6) is 0.756. The Morgan fingerprint density at radius 1 is 1.08 bits per heavy atom. The molecule has 0 atom stereocenters. The Hall–Kier alpha value is -2.56. The van der Waals surface area contributed by atoms with Gasteiger partial charge in [0.2, 0.25) is 0 Å². The molecule has 0 unspecified atom stereocenters. The van der Waals surface area contributed by atoms with Gasteiger partial charge < -0.3 is 16.0 Å². The molecule has 132 valence electrons. The van der Waals surface area contributed by atoms with Crippen LogP contribution in [0.5, 0.6) is 0 Å². The topological polar surface area (TPSA) is 66.0 Å². The fourth-order valence-electron chi connectivity index (χ4n) is 3.15. The summed E-state index contributed by atoms with van der Waals surface area (Å²) in [6.07, 6.45) is 7.50. The van der Waals surface area contributed by atoms with E-state index >= 15 is 0 Å². The number of urea groups is 1. The van der Waals surface area contributed by atoms with Crippen molar-refractivity contribution < 1.29 is 4.79 Å². The van der Waals surface area contributed by atoms with Gasteiger partial charge in [0.25, 0.3) is 0 Å². The molecule has 3 rings (SSSR count). The van der Waals surface area contributed by atoms with Gasteiger partial charge in [-0.1, -0.05) is 31.4 Å². The smallest absolute Gasteiger partial charge is 0.319 e. The van der Waals surface area contributed by atoms with Gasteiger partial charge in [0, 0.05) is 11.7 Å². The van der Waals surface area contributed by atoms with Gasteiger partial charge in [-0.2, -0.15) is 0 Å². The van der Waals surface area contributed by atoms with E-state index in [4.69, 9.17) is 0 Å². The van der Waals surface area contributed by atoms with Gasteiger partial charge in [-0.3, -0.25) is 0 Å². The minimum Gasteiger partial charge on any atom is -0.340 e. The van der Waals surface area contributed by atoms with Crippen LogP contribution < -0.4 is 16.0 Å². The number of amides is 2. The molecule has 2 aromatic rings. The molecule has 1 heterocycles. The van der Waals surface area contributed by atoms with E-state index in [0.29, 0.717) is 11.7 Å². The summed E-state index contributed by atoms with van der Waals surface area (Å²) in [5, 5.41) is 9.22. The third-order valence-electron chi connectivity index (χ3n) is 4.62. The van der Waals surface area contributed by atoms with Crippen LogP contribution in [0.15, 0.2) is 36.5 Å². The highest BCUT2D eigenvalue weighted by atomic mass is 16.2. The maximum Gasteiger partial charge on any atom is 0.319 e. The molecule has 0 radical (unpaired) electrons. The van der Waals surface area contributed by atoms with Crippen LogP contribution in [0.3, 0.4) is 0 Å². The Labute approximate surface area is 149 Å². The van der Waals surface area contributed by atoms with Crippen molar-refractivity contribution in [3.8, 4) is 0 Å². The Morgan fingerprint density at radius 2 is 1.88 bits per heavy atom. The second kappa shape index (κ2) is 8.01. The lowest BCUT2D eigenvalue weighted by Gasteiger charge is -2.22. The minimum absolute atomic E-state index is 0.149. The molecule has 0 bridgehead atoms. The van der Waals surface area contributed by atoms with E-state index in [1.807, 2.05) is 12.1 Å². The van der Waals surface area contributed by atoms with Gasteiger partial charge in [0.15, 0.2) is 0 Å². The third kappa shape index (κ3) is 4.95. The molecular formula is C20H26N4O. The average Bonchev–Trinajstić information content (AvgIpc) is 2.61. The number of nitrogens with zero attached hydrogens (tertiary/aromatic N) is 1. The lowest BCUT2D eigenvalue weighted by molar-refractivity contribution is 0.244. The molecule has 5 heteroatoms. The number of benzene rings is 1. The van der Waals surface area contributed by atoms with Crippen LogP contribution in [0.25, 0.3) is 0 Å². The fourth-order valence-corrected chi connectivity index (χ4v) is 3.15. The first-order valence-corrected chi connectivity index (χ1v) is 8.98. The lowest BCUT2D eigenvalue weighted by atomic mass is 9.96. The highest BCUT2D eigenvalue weighted by Crippen LogP contribution is 2.21. The van der Waals surface area contributed by atoms with Crippen LogP contribution in [0.1, 0.15) is 43.2 Å². The second-order valence-electron chi connectivity index (χ2n) is 6.81. The van der Waals surface area contributed by atoms with Crippen molar-refractivity contribution in [1.82, 2.24) is 10.3 Å². The first kappa shape index (κ1) is 17.3. The molecule has 1 aliphatic rings. The van der Waals surface area contributed by atoms with Gasteiger partial charge in [-0.05, 0) is 56.0 Å². The largest absolute Gasteiger partial charge is 0.340 e. The van der Waals surface area contributed by atoms with Gasteiger partial charge in [-0.15, -0.1) is 0 Å². The SMILES string of the molecule is Cc1ccc(C)c(Nc2ccc(NC(=O)NC3CCCCC3)cn2)c1. The lowest BCUT2D eigenvalue weighted by Crippen LogP contribution is -2.39. The van der Waals surface area contributed by atoms with Crippen molar-refractivity contribution in [2.24, 2.45) is 0 Å². The molecule has 1 aliphatic carbocycles. The summed E-state index contributed by atoms with van der Waals surface area (Å²) in [7, 11) is 0. The van der Waals surface area contributed by atoms with Crippen LogP contribution in [-0.4, -0.2) is 17.1 Å². The predicted octanol–water partition coefficient (Wildman–Crippen LogP) is 4.90. The molecular weight excluding hydrogens is 312 g/mol. The van der Waals surface area contributed by atoms with Crippen LogP contribution in [0.4, 0.5) is 22.0 Å². The van der Waals surface area contributed by atoms with Gasteiger partial charge in [0.1, 0.15) is 5.82 Å². The Morgan fingerprint density at radius 3 is 2.60 bits per heavy atom. The van der Waals surface area contributed by atoms with Crippen LogP contribution in [0, 0.1) is 13.8 Å². The second-order valence-corrected chi connectivity index (χ2v) is 6.81. The molecule has 1 fully saturated rings. The molecule has 1 aromatic carbocycles. The number of pyridine rings is 1. The van der Waals surface area contributed by atoms with Crippen molar-refractivity contribution in [2.75, 3.05) is 10.6 Å². The number of carbonyl (C=O) groups excluding carboxylic acids is 1. The van der Waals surface area contributed by atoms with E-state index < -0.39 is 0 Å². The number of carbonyl (C=O) groups is 1. The minimum atomic E-state index is -0.149. The summed E-state index contributed by atoms with van der Waals surface area (Å²) in [4.78, 5) is 16.5. The molecule has 0 saturated heterocycles. The maximum absolute atomic E-state index is 12.1. The summed E-state index contributed by atoms with van der Waals surface area (Å²) < 4.78 is 0. The van der Waals surface area contributed by atoms with Gasteiger partial charge in [0.05, 0.1) is 11.9 Å². The summed E-state index contributed by atoms with van der Waals surface area (Å²) in [6.45, 7) is 4.13. The monoisotopic (exact) mass is 338 g/mol. The number of hydrogen-bond donors (Lipinski definition) is 3. The van der Waals surface area contributed by atoms with E-state index in [2.05, 4.69) is 53.0 Å². The highest BCUT2D eigenvalue weighted by molar-refractivity contribution is 5.89. The van der Waals surface area contributed by atoms with Gasteiger partial charge >= 0.3 is 6.03 Å². The van der Waals surface area contributed by atoms with Crippen LogP contribution >= 0.6 is 0 Å². The standard InChI is InChI=1S/C20H26N4O/c1-14-8-9-15(2)18(12-14)24-19-11-10-17(13-21-19)23-20(25)22-16-6-4-3-5-7-16/h8-13,16H,3-7H2,1-2H3,(H,21,24)(H2,22,23,25). The Balaban J connectivity index is 1.56. The quantitative estimate of drug-likeness (QED) is 0.743. The number of aromatic nitrogens is 1. The van der Waals surface area contributed by atoms with Crippen LogP contribution in [-0.2, 0) is 0 Å². The zero-order valence-corrected chi connectivity index (χ0v) is 14.9. The third-order valence-corrected chi connectivity index (χ3v) is 4.62. The van der Waals surface area contributed by atoms with Crippen LogP contribution in [0.2, 0.25) is 0 Å². The Kier molecular flexibility index (Phi) is 5.53. The van der Waals surface area contributed by atoms with Crippen molar-refractivity contribution in [2.45, 2.75) is 52.0 Å². The summed E-state index contributed by atoms with van der Waals surface area (Å²) in [5.41, 5.74) is 4.11. The van der Waals surface area contributed by atoms with E-state index in [9.17, 15) is 4.79 Å². The summed E-state index contributed by atoms with van der Waals surface area (Å²) >= 11 is 0. The van der Waals surface area contributed by atoms with Crippen molar-refractivity contribution >= 4 is 23.2 Å². The molecule has 5 nitrogen and oxygen atoms in total. The van der Waals surface area contributed by atoms with E-state index in [1.165, 1.54) is 30.4 Å². The first-order chi connectivity index (χ1) is 12.1.